The zero-order valence-corrected chi connectivity index (χ0v) is 7.08. The van der Waals surface area contributed by atoms with Crippen LogP contribution in [-0.4, -0.2) is 34.5 Å². The molecule has 5 nitrogen and oxygen atoms in total. The van der Waals surface area contributed by atoms with Gasteiger partial charge in [-0.15, -0.1) is 0 Å². The third-order valence-corrected chi connectivity index (χ3v) is 1.36. The summed E-state index contributed by atoms with van der Waals surface area (Å²) in [6.45, 7) is 0. The average Bonchev–Trinajstić information content (AvgIpc) is 2.15. The number of hydrazone groups is 1. The predicted octanol–water partition coefficient (Wildman–Crippen LogP) is 1.03. The molecule has 0 aromatic carbocycles. The third kappa shape index (κ3) is 2.90. The molecule has 1 aromatic heterocycles. The maximum absolute atomic E-state index is 10.3. The van der Waals surface area contributed by atoms with Crippen LogP contribution in [0.2, 0.25) is 0 Å². The number of rotatable bonds is 2. The average molecular weight is 179 g/mol. The molecule has 68 valence electrons. The summed E-state index contributed by atoms with van der Waals surface area (Å²) in [5, 5.41) is 13.0. The van der Waals surface area contributed by atoms with Gasteiger partial charge in [0.2, 0.25) is 0 Å². The zero-order chi connectivity index (χ0) is 9.68. The molecule has 0 atom stereocenters. The van der Waals surface area contributed by atoms with Crippen molar-refractivity contribution < 1.29 is 9.90 Å². The molecular weight excluding hydrogens is 170 g/mol. The number of carboxylic acid groups (broad SMARTS) is 1. The Labute approximate surface area is 75.3 Å². The summed E-state index contributed by atoms with van der Waals surface area (Å²) in [6.07, 6.45) is 3.59. The summed E-state index contributed by atoms with van der Waals surface area (Å²) >= 11 is 0. The first kappa shape index (κ1) is 9.18. The number of amides is 1. The van der Waals surface area contributed by atoms with Crippen molar-refractivity contribution >= 4 is 12.3 Å². The summed E-state index contributed by atoms with van der Waals surface area (Å²) in [7, 11) is 1.36. The van der Waals surface area contributed by atoms with Crippen LogP contribution in [0.4, 0.5) is 4.79 Å². The van der Waals surface area contributed by atoms with Crippen molar-refractivity contribution in [3.05, 3.63) is 30.1 Å². The van der Waals surface area contributed by atoms with E-state index >= 15 is 0 Å². The fraction of sp³-hybridized carbons (Fsp3) is 0.125. The quantitative estimate of drug-likeness (QED) is 0.544. The second kappa shape index (κ2) is 4.20. The molecule has 0 spiro atoms. The molecule has 0 unspecified atom stereocenters. The van der Waals surface area contributed by atoms with Crippen molar-refractivity contribution in [3.8, 4) is 0 Å². The molecule has 1 aromatic rings. The van der Waals surface area contributed by atoms with E-state index in [1.54, 1.807) is 24.5 Å². The molecule has 13 heavy (non-hydrogen) atoms. The maximum Gasteiger partial charge on any atom is 0.427 e. The lowest BCUT2D eigenvalue weighted by Crippen LogP contribution is -2.18. The van der Waals surface area contributed by atoms with Crippen LogP contribution in [0.5, 0.6) is 0 Å². The van der Waals surface area contributed by atoms with Crippen molar-refractivity contribution in [1.82, 2.24) is 9.99 Å². The molecule has 1 rings (SSSR count). The fourth-order valence-electron chi connectivity index (χ4n) is 0.652. The predicted molar refractivity (Wildman–Crippen MR) is 47.6 cm³/mol. The summed E-state index contributed by atoms with van der Waals surface area (Å²) in [5.41, 5.74) is 0.808. The Kier molecular flexibility index (Phi) is 2.97. The molecule has 5 heteroatoms. The normalized spacial score (nSPS) is 10.2. The lowest BCUT2D eigenvalue weighted by molar-refractivity contribution is 0.158. The second-order valence-corrected chi connectivity index (χ2v) is 2.33. The highest BCUT2D eigenvalue weighted by Crippen LogP contribution is 1.92. The summed E-state index contributed by atoms with van der Waals surface area (Å²) in [6, 6.07) is 3.47. The monoisotopic (exact) mass is 179 g/mol. The Bertz CT molecular complexity index is 310. The Balaban J connectivity index is 2.64. The van der Waals surface area contributed by atoms with Gasteiger partial charge in [0.25, 0.3) is 0 Å². The van der Waals surface area contributed by atoms with Gasteiger partial charge in [-0.3, -0.25) is 4.98 Å². The van der Waals surface area contributed by atoms with Gasteiger partial charge in [0.15, 0.2) is 0 Å². The van der Waals surface area contributed by atoms with Gasteiger partial charge < -0.3 is 5.11 Å². The zero-order valence-electron chi connectivity index (χ0n) is 7.08. The Morgan fingerprint density at radius 3 is 2.77 bits per heavy atom. The van der Waals surface area contributed by atoms with Crippen LogP contribution >= 0.6 is 0 Å². The molecule has 0 saturated carbocycles. The number of carbonyl (C=O) groups is 1. The van der Waals surface area contributed by atoms with E-state index in [1.807, 2.05) is 0 Å². The van der Waals surface area contributed by atoms with Crippen LogP contribution < -0.4 is 0 Å². The largest absolute Gasteiger partial charge is 0.464 e. The molecule has 0 aliphatic carbocycles. The molecule has 1 heterocycles. The van der Waals surface area contributed by atoms with E-state index in [0.717, 1.165) is 10.6 Å². The van der Waals surface area contributed by atoms with Crippen molar-refractivity contribution in [2.75, 3.05) is 7.05 Å². The molecule has 0 saturated heterocycles. The lowest BCUT2D eigenvalue weighted by Gasteiger charge is -2.03. The molecule has 0 fully saturated rings. The second-order valence-electron chi connectivity index (χ2n) is 2.33. The Hall–Kier alpha value is -1.91. The van der Waals surface area contributed by atoms with Gasteiger partial charge in [-0.05, 0) is 17.7 Å². The van der Waals surface area contributed by atoms with Crippen LogP contribution in [0, 0.1) is 0 Å². The molecule has 0 bridgehead atoms. The van der Waals surface area contributed by atoms with Crippen molar-refractivity contribution in [2.24, 2.45) is 5.10 Å². The topological polar surface area (TPSA) is 65.8 Å². The molecule has 1 N–H and O–H groups in total. The highest BCUT2D eigenvalue weighted by atomic mass is 16.4. The van der Waals surface area contributed by atoms with E-state index in [2.05, 4.69) is 10.1 Å². The van der Waals surface area contributed by atoms with E-state index in [4.69, 9.17) is 5.11 Å². The van der Waals surface area contributed by atoms with Crippen molar-refractivity contribution in [2.45, 2.75) is 0 Å². The lowest BCUT2D eigenvalue weighted by atomic mass is 10.3. The first-order chi connectivity index (χ1) is 6.20. The minimum absolute atomic E-state index is 0.808. The number of hydrogen-bond donors (Lipinski definition) is 1. The van der Waals surface area contributed by atoms with E-state index < -0.39 is 6.09 Å². The van der Waals surface area contributed by atoms with E-state index in [1.165, 1.54) is 13.3 Å². The van der Waals surface area contributed by atoms with E-state index in [9.17, 15) is 4.79 Å². The van der Waals surface area contributed by atoms with Gasteiger partial charge in [-0.25, -0.2) is 9.80 Å². The van der Waals surface area contributed by atoms with E-state index in [-0.39, 0.29) is 0 Å². The third-order valence-electron chi connectivity index (χ3n) is 1.36. The molecular formula is C8H9N3O2. The van der Waals surface area contributed by atoms with Crippen LogP contribution in [0.25, 0.3) is 0 Å². The molecule has 0 aliphatic rings. The highest BCUT2D eigenvalue weighted by molar-refractivity contribution is 5.80. The Morgan fingerprint density at radius 1 is 1.62 bits per heavy atom. The van der Waals surface area contributed by atoms with Gasteiger partial charge in [-0.2, -0.15) is 5.10 Å². The Morgan fingerprint density at radius 2 is 2.23 bits per heavy atom. The van der Waals surface area contributed by atoms with Crippen molar-refractivity contribution in [3.63, 3.8) is 0 Å². The first-order valence-corrected chi connectivity index (χ1v) is 3.61. The number of pyridine rings is 1. The van der Waals surface area contributed by atoms with Gasteiger partial charge in [-0.1, -0.05) is 0 Å². The van der Waals surface area contributed by atoms with Crippen LogP contribution in [0.15, 0.2) is 29.6 Å². The molecule has 0 radical (unpaired) electrons. The standard InChI is InChI=1S/C8H9N3O2/c1-11(8(12)13)10-6-7-2-4-9-5-3-7/h2-6H,1H3,(H,12,13). The van der Waals surface area contributed by atoms with Gasteiger partial charge in [0.05, 0.1) is 6.21 Å². The molecule has 1 amide bonds. The number of aromatic nitrogens is 1. The minimum Gasteiger partial charge on any atom is -0.464 e. The maximum atomic E-state index is 10.3. The smallest absolute Gasteiger partial charge is 0.427 e. The minimum atomic E-state index is -1.09. The van der Waals surface area contributed by atoms with E-state index in [0.29, 0.717) is 0 Å². The number of nitrogens with zero attached hydrogens (tertiary/aromatic N) is 3. The van der Waals surface area contributed by atoms with Crippen LogP contribution in [0.3, 0.4) is 0 Å². The summed E-state index contributed by atoms with van der Waals surface area (Å²) in [5.74, 6) is 0. The van der Waals surface area contributed by atoms with Crippen molar-refractivity contribution in [1.29, 1.82) is 0 Å². The van der Waals surface area contributed by atoms with Gasteiger partial charge >= 0.3 is 6.09 Å². The molecule has 0 aliphatic heterocycles. The first-order valence-electron chi connectivity index (χ1n) is 3.61. The number of hydrogen-bond acceptors (Lipinski definition) is 3. The highest BCUT2D eigenvalue weighted by Gasteiger charge is 1.99. The van der Waals surface area contributed by atoms with Crippen LogP contribution in [-0.2, 0) is 0 Å². The van der Waals surface area contributed by atoms with Crippen LogP contribution in [0.1, 0.15) is 5.56 Å². The summed E-state index contributed by atoms with van der Waals surface area (Å²) in [4.78, 5) is 14.1. The fourth-order valence-corrected chi connectivity index (χ4v) is 0.652. The van der Waals surface area contributed by atoms with Gasteiger partial charge in [0, 0.05) is 19.4 Å². The van der Waals surface area contributed by atoms with Gasteiger partial charge in [0.1, 0.15) is 0 Å². The summed E-state index contributed by atoms with van der Waals surface area (Å²) < 4.78 is 0. The SMILES string of the molecule is CN(N=Cc1ccncc1)C(=O)O.